The Morgan fingerprint density at radius 3 is 1.24 bits per heavy atom. The predicted molar refractivity (Wildman–Crippen MR) is 125 cm³/mol. The van der Waals surface area contributed by atoms with Crippen LogP contribution in [0.3, 0.4) is 0 Å². The van der Waals surface area contributed by atoms with Gasteiger partial charge in [0.05, 0.1) is 0 Å². The minimum absolute atomic E-state index is 0.761. The first-order chi connectivity index (χ1) is 14.3. The highest BCUT2D eigenvalue weighted by Crippen LogP contribution is 2.29. The monoisotopic (exact) mass is 390 g/mol. The molecule has 5 aromatic rings. The van der Waals surface area contributed by atoms with Gasteiger partial charge in [0.15, 0.2) is 0 Å². The predicted octanol–water partition coefficient (Wildman–Crippen LogP) is 8.49. The summed E-state index contributed by atoms with van der Waals surface area (Å²) in [5.74, 6) is 0. The molecule has 0 amide bonds. The quantitative estimate of drug-likeness (QED) is 0.289. The fourth-order valence-corrected chi connectivity index (χ4v) is 3.85. The molecule has 0 N–H and O–H groups in total. The van der Waals surface area contributed by atoms with Gasteiger partial charge < -0.3 is 0 Å². The second-order valence-corrected chi connectivity index (χ2v) is 7.66. The Kier molecular flexibility index (Phi) is 4.63. The van der Waals surface area contributed by atoms with Crippen molar-refractivity contribution in [1.29, 1.82) is 0 Å². The summed E-state index contributed by atoms with van der Waals surface area (Å²) in [6, 6.07) is 40.5. The second kappa shape index (κ2) is 7.58. The van der Waals surface area contributed by atoms with Crippen LogP contribution in [0.5, 0.6) is 0 Å². The molecule has 0 atom stereocenters. The Labute approximate surface area is 176 Å². The van der Waals surface area contributed by atoms with Crippen molar-refractivity contribution in [2.45, 2.75) is 0 Å². The van der Waals surface area contributed by atoms with Crippen molar-refractivity contribution >= 4 is 22.4 Å². The van der Waals surface area contributed by atoms with Crippen molar-refractivity contribution in [3.63, 3.8) is 0 Å². The summed E-state index contributed by atoms with van der Waals surface area (Å²) < 4.78 is 0. The van der Waals surface area contributed by atoms with Crippen molar-refractivity contribution in [2.24, 2.45) is 0 Å². The molecule has 0 saturated heterocycles. The zero-order chi connectivity index (χ0) is 19.6. The third kappa shape index (κ3) is 3.68. The molecule has 5 rings (SSSR count). The van der Waals surface area contributed by atoms with E-state index in [1.54, 1.807) is 0 Å². The fourth-order valence-electron chi connectivity index (χ4n) is 3.72. The minimum Gasteiger partial charge on any atom is -0.0843 e. The molecule has 0 nitrogen and oxygen atoms in total. The fraction of sp³-hybridized carbons (Fsp3) is 0. The number of hydrogen-bond donors (Lipinski definition) is 0. The molecule has 0 heterocycles. The number of hydrogen-bond acceptors (Lipinski definition) is 0. The minimum atomic E-state index is 0.761. The highest BCUT2D eigenvalue weighted by atomic mass is 35.5. The van der Waals surface area contributed by atoms with Gasteiger partial charge in [-0.25, -0.2) is 0 Å². The van der Waals surface area contributed by atoms with E-state index in [4.69, 9.17) is 11.6 Å². The molecule has 0 radical (unpaired) electrons. The van der Waals surface area contributed by atoms with Crippen LogP contribution >= 0.6 is 11.6 Å². The van der Waals surface area contributed by atoms with Gasteiger partial charge in [-0.1, -0.05) is 109 Å². The Balaban J connectivity index is 1.41. The van der Waals surface area contributed by atoms with E-state index in [9.17, 15) is 0 Å². The van der Waals surface area contributed by atoms with E-state index in [2.05, 4.69) is 103 Å². The van der Waals surface area contributed by atoms with E-state index in [-0.39, 0.29) is 0 Å². The van der Waals surface area contributed by atoms with E-state index < -0.39 is 0 Å². The molecule has 0 saturated carbocycles. The standard InChI is InChI=1S/C28H19Cl/c29-28-17-15-24(16-18-28)23-7-5-21(6-8-23)22-9-11-25(12-10-22)27-14-13-20-3-1-2-4-26(20)19-27/h1-19H. The maximum Gasteiger partial charge on any atom is 0.0406 e. The van der Waals surface area contributed by atoms with Gasteiger partial charge in [-0.2, -0.15) is 0 Å². The maximum absolute atomic E-state index is 5.99. The SMILES string of the molecule is Clc1ccc(-c2ccc(-c3ccc(-c4ccc5ccccc5c4)cc3)cc2)cc1. The van der Waals surface area contributed by atoms with E-state index in [1.165, 1.54) is 44.2 Å². The molecule has 0 aliphatic rings. The van der Waals surface area contributed by atoms with Crippen LogP contribution < -0.4 is 0 Å². The van der Waals surface area contributed by atoms with Crippen LogP contribution in [-0.4, -0.2) is 0 Å². The normalized spacial score (nSPS) is 10.9. The van der Waals surface area contributed by atoms with Crippen LogP contribution in [0.25, 0.3) is 44.2 Å². The highest BCUT2D eigenvalue weighted by Gasteiger charge is 2.03. The summed E-state index contributed by atoms with van der Waals surface area (Å²) in [5.41, 5.74) is 7.28. The smallest absolute Gasteiger partial charge is 0.0406 e. The lowest BCUT2D eigenvalue weighted by molar-refractivity contribution is 1.58. The van der Waals surface area contributed by atoms with E-state index in [0.717, 1.165) is 5.02 Å². The number of fused-ring (bicyclic) bond motifs is 1. The zero-order valence-electron chi connectivity index (χ0n) is 15.8. The summed E-state index contributed by atoms with van der Waals surface area (Å²) in [5, 5.41) is 3.30. The van der Waals surface area contributed by atoms with E-state index in [1.807, 2.05) is 12.1 Å². The van der Waals surface area contributed by atoms with Crippen LogP contribution in [0.15, 0.2) is 115 Å². The van der Waals surface area contributed by atoms with E-state index >= 15 is 0 Å². The van der Waals surface area contributed by atoms with Crippen molar-refractivity contribution in [1.82, 2.24) is 0 Å². The Hall–Kier alpha value is -3.35. The highest BCUT2D eigenvalue weighted by molar-refractivity contribution is 6.30. The molecule has 138 valence electrons. The Morgan fingerprint density at radius 2 is 0.724 bits per heavy atom. The van der Waals surface area contributed by atoms with Gasteiger partial charge in [-0.05, 0) is 62.4 Å². The van der Waals surface area contributed by atoms with Gasteiger partial charge in [0.25, 0.3) is 0 Å². The lowest BCUT2D eigenvalue weighted by Gasteiger charge is -2.08. The summed E-state index contributed by atoms with van der Waals surface area (Å²) >= 11 is 5.99. The summed E-state index contributed by atoms with van der Waals surface area (Å²) in [7, 11) is 0. The third-order valence-corrected chi connectivity index (χ3v) is 5.62. The van der Waals surface area contributed by atoms with Crippen LogP contribution in [0, 0.1) is 0 Å². The molecular weight excluding hydrogens is 372 g/mol. The molecule has 29 heavy (non-hydrogen) atoms. The molecule has 0 unspecified atom stereocenters. The van der Waals surface area contributed by atoms with Crippen molar-refractivity contribution < 1.29 is 0 Å². The van der Waals surface area contributed by atoms with Gasteiger partial charge in [-0.3, -0.25) is 0 Å². The first-order valence-electron chi connectivity index (χ1n) is 9.72. The number of rotatable bonds is 3. The van der Waals surface area contributed by atoms with Crippen molar-refractivity contribution in [3.8, 4) is 33.4 Å². The molecule has 5 aromatic carbocycles. The molecule has 0 aromatic heterocycles. The van der Waals surface area contributed by atoms with Crippen LogP contribution in [0.2, 0.25) is 5.02 Å². The third-order valence-electron chi connectivity index (χ3n) is 5.36. The molecule has 0 bridgehead atoms. The molecule has 0 fully saturated rings. The van der Waals surface area contributed by atoms with Crippen LogP contribution in [0.4, 0.5) is 0 Å². The van der Waals surface area contributed by atoms with Crippen LogP contribution in [0.1, 0.15) is 0 Å². The second-order valence-electron chi connectivity index (χ2n) is 7.22. The lowest BCUT2D eigenvalue weighted by atomic mass is 9.97. The molecule has 0 aliphatic carbocycles. The lowest BCUT2D eigenvalue weighted by Crippen LogP contribution is -1.82. The summed E-state index contributed by atoms with van der Waals surface area (Å²) in [6.45, 7) is 0. The maximum atomic E-state index is 5.99. The number of benzene rings is 5. The first kappa shape index (κ1) is 17.7. The topological polar surface area (TPSA) is 0 Å². The number of halogens is 1. The summed E-state index contributed by atoms with van der Waals surface area (Å²) in [6.07, 6.45) is 0. The first-order valence-corrected chi connectivity index (χ1v) is 10.1. The van der Waals surface area contributed by atoms with Gasteiger partial charge >= 0.3 is 0 Å². The average molecular weight is 391 g/mol. The van der Waals surface area contributed by atoms with Gasteiger partial charge in [0, 0.05) is 5.02 Å². The van der Waals surface area contributed by atoms with E-state index in [0.29, 0.717) is 0 Å². The van der Waals surface area contributed by atoms with Gasteiger partial charge in [-0.15, -0.1) is 0 Å². The Bertz CT molecular complexity index is 1270. The van der Waals surface area contributed by atoms with Crippen LogP contribution in [-0.2, 0) is 0 Å². The van der Waals surface area contributed by atoms with Gasteiger partial charge in [0.2, 0.25) is 0 Å². The van der Waals surface area contributed by atoms with Crippen molar-refractivity contribution in [3.05, 3.63) is 120 Å². The summed E-state index contributed by atoms with van der Waals surface area (Å²) in [4.78, 5) is 0. The zero-order valence-corrected chi connectivity index (χ0v) is 16.6. The van der Waals surface area contributed by atoms with Gasteiger partial charge in [0.1, 0.15) is 0 Å². The Morgan fingerprint density at radius 1 is 0.345 bits per heavy atom. The van der Waals surface area contributed by atoms with Crippen molar-refractivity contribution in [2.75, 3.05) is 0 Å². The molecular formula is C28H19Cl. The molecule has 0 aliphatic heterocycles. The molecule has 1 heteroatoms. The average Bonchev–Trinajstić information content (AvgIpc) is 2.79. The molecule has 0 spiro atoms. The largest absolute Gasteiger partial charge is 0.0843 e.